The summed E-state index contributed by atoms with van der Waals surface area (Å²) in [6.07, 6.45) is 8.31. The summed E-state index contributed by atoms with van der Waals surface area (Å²) in [5.74, 6) is 1.89. The molecule has 3 aromatic rings. The minimum absolute atomic E-state index is 0.0375. The van der Waals surface area contributed by atoms with Crippen LogP contribution in [-0.4, -0.2) is 47.1 Å². The first-order valence-corrected chi connectivity index (χ1v) is 12.1. The van der Waals surface area contributed by atoms with Crippen molar-refractivity contribution < 1.29 is 0 Å². The Morgan fingerprint density at radius 1 is 1.15 bits per heavy atom. The maximum absolute atomic E-state index is 6.67. The smallest absolute Gasteiger partial charge is 0.158 e. The maximum atomic E-state index is 6.67. The van der Waals surface area contributed by atoms with Crippen molar-refractivity contribution in [2.45, 2.75) is 35.2 Å². The second-order valence-corrected chi connectivity index (χ2v) is 10.3. The number of pyridine rings is 2. The fourth-order valence-corrected chi connectivity index (χ4v) is 6.02. The van der Waals surface area contributed by atoms with Gasteiger partial charge in [-0.25, -0.2) is 15.0 Å². The van der Waals surface area contributed by atoms with Gasteiger partial charge in [-0.2, -0.15) is 0 Å². The number of anilines is 3. The Hall–Kier alpha value is -2.62. The molecule has 1 fully saturated rings. The van der Waals surface area contributed by atoms with Gasteiger partial charge in [0.15, 0.2) is 5.82 Å². The van der Waals surface area contributed by atoms with E-state index in [1.807, 2.05) is 37.3 Å². The van der Waals surface area contributed by atoms with E-state index < -0.39 is 0 Å². The van der Waals surface area contributed by atoms with Gasteiger partial charge in [0.25, 0.3) is 0 Å². The van der Waals surface area contributed by atoms with Crippen molar-refractivity contribution in [2.75, 3.05) is 42.7 Å². The second kappa shape index (κ2) is 8.62. The van der Waals surface area contributed by atoms with Crippen LogP contribution < -0.4 is 21.3 Å². The zero-order valence-corrected chi connectivity index (χ0v) is 20.3. The quantitative estimate of drug-likeness (QED) is 0.576. The lowest BCUT2D eigenvalue weighted by molar-refractivity contribution is 0.186. The van der Waals surface area contributed by atoms with Crippen LogP contribution in [-0.2, 0) is 6.42 Å². The number of aromatic nitrogens is 4. The molecule has 8 nitrogen and oxygen atoms in total. The molecule has 10 heteroatoms. The van der Waals surface area contributed by atoms with Gasteiger partial charge in [-0.3, -0.25) is 4.98 Å². The van der Waals surface area contributed by atoms with Gasteiger partial charge in [0.2, 0.25) is 0 Å². The molecule has 0 radical (unpaired) electrons. The van der Waals surface area contributed by atoms with Gasteiger partial charge in [-0.1, -0.05) is 29.4 Å². The third-order valence-electron chi connectivity index (χ3n) is 6.74. The van der Waals surface area contributed by atoms with Gasteiger partial charge in [-0.05, 0) is 42.4 Å². The van der Waals surface area contributed by atoms with E-state index >= 15 is 0 Å². The van der Waals surface area contributed by atoms with Crippen molar-refractivity contribution in [3.63, 3.8) is 0 Å². The molecule has 1 spiro atoms. The minimum atomic E-state index is 0.0375. The largest absolute Gasteiger partial charge is 0.381 e. The average molecular weight is 483 g/mol. The molecule has 3 aromatic heterocycles. The van der Waals surface area contributed by atoms with Gasteiger partial charge in [0, 0.05) is 56.2 Å². The van der Waals surface area contributed by atoms with Gasteiger partial charge in [0.05, 0.1) is 11.2 Å². The molecule has 5 rings (SSSR count). The monoisotopic (exact) mass is 482 g/mol. The summed E-state index contributed by atoms with van der Waals surface area (Å²) < 4.78 is 0. The highest BCUT2D eigenvalue weighted by Gasteiger charge is 2.46. The molecule has 1 atom stereocenters. The van der Waals surface area contributed by atoms with E-state index in [9.17, 15) is 0 Å². The number of piperidine rings is 1. The highest BCUT2D eigenvalue weighted by atomic mass is 35.5. The number of hydrogen-bond acceptors (Lipinski definition) is 9. The first-order chi connectivity index (χ1) is 15.9. The summed E-state index contributed by atoms with van der Waals surface area (Å²) >= 11 is 7.92. The Bertz CT molecular complexity index is 1180. The maximum Gasteiger partial charge on any atom is 0.158 e. The Balaban J connectivity index is 1.29. The molecule has 1 saturated heterocycles. The summed E-state index contributed by atoms with van der Waals surface area (Å²) in [4.78, 5) is 23.1. The topological polar surface area (TPSA) is 110 Å². The molecule has 33 heavy (non-hydrogen) atoms. The number of nitrogens with zero attached hydrogens (tertiary/aromatic N) is 6. The molecular formula is C23H27ClN8S. The van der Waals surface area contributed by atoms with Crippen molar-refractivity contribution in [3.05, 3.63) is 53.1 Å². The molecule has 4 N–H and O–H groups in total. The Morgan fingerprint density at radius 3 is 2.64 bits per heavy atom. The molecular weight excluding hydrogens is 456 g/mol. The van der Waals surface area contributed by atoms with E-state index in [4.69, 9.17) is 23.1 Å². The van der Waals surface area contributed by atoms with Crippen LogP contribution in [0, 0.1) is 5.41 Å². The van der Waals surface area contributed by atoms with Crippen LogP contribution in [0.2, 0.25) is 5.02 Å². The molecule has 2 aliphatic rings. The third-order valence-corrected chi connectivity index (χ3v) is 8.29. The Kier molecular flexibility index (Phi) is 5.80. The zero-order chi connectivity index (χ0) is 23.2. The SMILES string of the molecule is CN(C)c1nccc(Sc2ncc(N3CCC4(CC3)Cc3ncccc3C4N)nc2N)c1Cl. The van der Waals surface area contributed by atoms with Gasteiger partial charge < -0.3 is 21.3 Å². The molecule has 4 heterocycles. The predicted octanol–water partition coefficient (Wildman–Crippen LogP) is 3.56. The molecule has 0 saturated carbocycles. The molecule has 0 amide bonds. The predicted molar refractivity (Wildman–Crippen MR) is 133 cm³/mol. The van der Waals surface area contributed by atoms with Crippen LogP contribution >= 0.6 is 23.4 Å². The van der Waals surface area contributed by atoms with Gasteiger partial charge >= 0.3 is 0 Å². The lowest BCUT2D eigenvalue weighted by Crippen LogP contribution is -2.44. The number of rotatable bonds is 4. The standard InChI is InChI=1S/C23H27ClN8S/c1-31(2)21-18(24)16(5-9-28-21)33-22-20(26)30-17(13-29-22)32-10-6-23(7-11-32)12-15-14(19(23)25)4-3-8-27-15/h3-5,8-9,13,19H,6-7,10-12,25H2,1-2H3,(H2,26,30). The van der Waals surface area contributed by atoms with Gasteiger partial charge in [-0.15, -0.1) is 0 Å². The lowest BCUT2D eigenvalue weighted by atomic mass is 9.73. The summed E-state index contributed by atoms with van der Waals surface area (Å²) in [6, 6.07) is 5.99. The summed E-state index contributed by atoms with van der Waals surface area (Å²) in [5.41, 5.74) is 15.4. The summed E-state index contributed by atoms with van der Waals surface area (Å²) in [7, 11) is 3.81. The number of nitrogens with two attached hydrogens (primary N) is 2. The molecule has 0 bridgehead atoms. The lowest BCUT2D eigenvalue weighted by Gasteiger charge is -2.42. The highest BCUT2D eigenvalue weighted by molar-refractivity contribution is 7.99. The average Bonchev–Trinajstić information content (AvgIpc) is 3.08. The van der Waals surface area contributed by atoms with Crippen LogP contribution in [0.4, 0.5) is 17.5 Å². The van der Waals surface area contributed by atoms with Crippen LogP contribution in [0.25, 0.3) is 0 Å². The van der Waals surface area contributed by atoms with Crippen LogP contribution in [0.5, 0.6) is 0 Å². The Morgan fingerprint density at radius 2 is 1.94 bits per heavy atom. The summed E-state index contributed by atoms with van der Waals surface area (Å²) in [5, 5.41) is 1.20. The number of hydrogen-bond donors (Lipinski definition) is 2. The number of halogens is 1. The van der Waals surface area contributed by atoms with Crippen molar-refractivity contribution in [1.82, 2.24) is 19.9 Å². The van der Waals surface area contributed by atoms with E-state index in [0.717, 1.165) is 48.8 Å². The number of fused-ring (bicyclic) bond motifs is 1. The normalized spacial score (nSPS) is 19.0. The first-order valence-electron chi connectivity index (χ1n) is 10.9. The fourth-order valence-electron chi connectivity index (χ4n) is 4.85. The Labute approximate surface area is 202 Å². The van der Waals surface area contributed by atoms with E-state index in [1.165, 1.54) is 17.3 Å². The van der Waals surface area contributed by atoms with Crippen molar-refractivity contribution >= 4 is 40.8 Å². The fraction of sp³-hybridized carbons (Fsp3) is 0.391. The second-order valence-electron chi connectivity index (χ2n) is 8.90. The third kappa shape index (κ3) is 3.98. The van der Waals surface area contributed by atoms with E-state index in [2.05, 4.69) is 30.9 Å². The van der Waals surface area contributed by atoms with Crippen molar-refractivity contribution in [3.8, 4) is 0 Å². The number of nitrogen functional groups attached to an aromatic ring is 1. The molecule has 1 aliphatic carbocycles. The molecule has 172 valence electrons. The summed E-state index contributed by atoms with van der Waals surface area (Å²) in [6.45, 7) is 1.73. The van der Waals surface area contributed by atoms with Crippen molar-refractivity contribution in [1.29, 1.82) is 0 Å². The van der Waals surface area contributed by atoms with E-state index in [-0.39, 0.29) is 11.5 Å². The minimum Gasteiger partial charge on any atom is -0.381 e. The van der Waals surface area contributed by atoms with E-state index in [1.54, 1.807) is 12.4 Å². The van der Waals surface area contributed by atoms with Crippen molar-refractivity contribution in [2.24, 2.45) is 11.1 Å². The van der Waals surface area contributed by atoms with Crippen LogP contribution in [0.15, 0.2) is 46.7 Å². The zero-order valence-electron chi connectivity index (χ0n) is 18.7. The van der Waals surface area contributed by atoms with Gasteiger partial charge in [0.1, 0.15) is 16.7 Å². The molecule has 1 aliphatic heterocycles. The van der Waals surface area contributed by atoms with Crippen LogP contribution in [0.1, 0.15) is 30.1 Å². The van der Waals surface area contributed by atoms with Crippen LogP contribution in [0.3, 0.4) is 0 Å². The molecule has 1 unspecified atom stereocenters. The molecule has 0 aromatic carbocycles. The first kappa shape index (κ1) is 22.2. The highest BCUT2D eigenvalue weighted by Crippen LogP contribution is 2.50. The van der Waals surface area contributed by atoms with E-state index in [0.29, 0.717) is 21.7 Å².